The van der Waals surface area contributed by atoms with E-state index in [1.54, 1.807) is 18.2 Å². The Labute approximate surface area is 76.6 Å². The first-order chi connectivity index (χ1) is 6.38. The van der Waals surface area contributed by atoms with Gasteiger partial charge in [0.2, 0.25) is 0 Å². The van der Waals surface area contributed by atoms with E-state index in [1.165, 1.54) is 0 Å². The molecule has 0 fully saturated rings. The SMILES string of the molecule is O=C1/C=C\C=C/Nc2ccccc21. The quantitative estimate of drug-likeness (QED) is 0.649. The van der Waals surface area contributed by atoms with Gasteiger partial charge in [0.05, 0.1) is 0 Å². The number of nitrogens with one attached hydrogen (secondary N) is 1. The summed E-state index contributed by atoms with van der Waals surface area (Å²) >= 11 is 0. The van der Waals surface area contributed by atoms with E-state index in [4.69, 9.17) is 0 Å². The van der Waals surface area contributed by atoms with Crippen LogP contribution in [0.5, 0.6) is 0 Å². The average molecular weight is 171 g/mol. The van der Waals surface area contributed by atoms with E-state index in [-0.39, 0.29) is 5.78 Å². The van der Waals surface area contributed by atoms with Gasteiger partial charge < -0.3 is 5.32 Å². The molecule has 0 saturated carbocycles. The van der Waals surface area contributed by atoms with E-state index in [1.807, 2.05) is 30.5 Å². The van der Waals surface area contributed by atoms with E-state index in [2.05, 4.69) is 5.32 Å². The fourth-order valence-corrected chi connectivity index (χ4v) is 1.25. The molecule has 0 unspecified atom stereocenters. The molecule has 0 amide bonds. The first kappa shape index (κ1) is 7.80. The van der Waals surface area contributed by atoms with Gasteiger partial charge in [0.25, 0.3) is 0 Å². The number of hydrogen-bond acceptors (Lipinski definition) is 2. The number of ketones is 1. The van der Waals surface area contributed by atoms with Gasteiger partial charge in [-0.3, -0.25) is 4.79 Å². The molecular weight excluding hydrogens is 162 g/mol. The van der Waals surface area contributed by atoms with Crippen LogP contribution in [0, 0.1) is 0 Å². The van der Waals surface area contributed by atoms with Crippen molar-refractivity contribution in [3.8, 4) is 0 Å². The van der Waals surface area contributed by atoms with Crippen molar-refractivity contribution in [1.82, 2.24) is 0 Å². The van der Waals surface area contributed by atoms with Crippen LogP contribution in [0.15, 0.2) is 48.7 Å². The molecule has 2 nitrogen and oxygen atoms in total. The molecule has 2 rings (SSSR count). The van der Waals surface area contributed by atoms with Crippen molar-refractivity contribution in [3.63, 3.8) is 0 Å². The molecule has 0 spiro atoms. The van der Waals surface area contributed by atoms with Crippen LogP contribution in [-0.4, -0.2) is 5.78 Å². The van der Waals surface area contributed by atoms with E-state index in [0.29, 0.717) is 5.56 Å². The van der Waals surface area contributed by atoms with Gasteiger partial charge >= 0.3 is 0 Å². The fraction of sp³-hybridized carbons (Fsp3) is 0. The highest BCUT2D eigenvalue weighted by molar-refractivity contribution is 6.08. The number of rotatable bonds is 0. The van der Waals surface area contributed by atoms with Crippen LogP contribution in [0.3, 0.4) is 0 Å². The zero-order valence-corrected chi connectivity index (χ0v) is 7.03. The van der Waals surface area contributed by atoms with E-state index in [0.717, 1.165) is 5.69 Å². The van der Waals surface area contributed by atoms with Crippen LogP contribution in [0.25, 0.3) is 0 Å². The first-order valence-electron chi connectivity index (χ1n) is 4.11. The molecule has 0 bridgehead atoms. The maximum Gasteiger partial charge on any atom is 0.187 e. The largest absolute Gasteiger partial charge is 0.361 e. The number of hydrogen-bond donors (Lipinski definition) is 1. The summed E-state index contributed by atoms with van der Waals surface area (Å²) < 4.78 is 0. The fourth-order valence-electron chi connectivity index (χ4n) is 1.25. The molecule has 1 aliphatic heterocycles. The van der Waals surface area contributed by atoms with Crippen molar-refractivity contribution in [3.05, 3.63) is 54.3 Å². The molecule has 1 aromatic rings. The van der Waals surface area contributed by atoms with Crippen molar-refractivity contribution in [1.29, 1.82) is 0 Å². The third-order valence-corrected chi connectivity index (χ3v) is 1.89. The van der Waals surface area contributed by atoms with Crippen LogP contribution in [0.2, 0.25) is 0 Å². The molecular formula is C11H9NO. The Bertz CT molecular complexity index is 391. The van der Waals surface area contributed by atoms with Gasteiger partial charge in [0, 0.05) is 17.5 Å². The second-order valence-electron chi connectivity index (χ2n) is 2.77. The summed E-state index contributed by atoms with van der Waals surface area (Å²) in [5.74, 6) is 0.0347. The molecule has 2 heteroatoms. The second kappa shape index (κ2) is 3.27. The Balaban J connectivity index is 2.54. The minimum absolute atomic E-state index is 0.0347. The molecule has 0 radical (unpaired) electrons. The van der Waals surface area contributed by atoms with Gasteiger partial charge in [-0.15, -0.1) is 0 Å². The zero-order chi connectivity index (χ0) is 9.10. The molecule has 1 N–H and O–H groups in total. The Morgan fingerprint density at radius 2 is 1.92 bits per heavy atom. The van der Waals surface area contributed by atoms with Crippen molar-refractivity contribution >= 4 is 11.5 Å². The summed E-state index contributed by atoms with van der Waals surface area (Å²) in [7, 11) is 0. The Morgan fingerprint density at radius 3 is 2.85 bits per heavy atom. The van der Waals surface area contributed by atoms with Gasteiger partial charge in [0.1, 0.15) is 0 Å². The number of anilines is 1. The molecule has 0 aromatic heterocycles. The highest BCUT2D eigenvalue weighted by Gasteiger charge is 2.07. The smallest absolute Gasteiger partial charge is 0.187 e. The highest BCUT2D eigenvalue weighted by Crippen LogP contribution is 2.17. The molecule has 0 aliphatic carbocycles. The molecule has 64 valence electrons. The summed E-state index contributed by atoms with van der Waals surface area (Å²) in [6, 6.07) is 7.46. The normalized spacial score (nSPS) is 19.2. The van der Waals surface area contributed by atoms with Crippen LogP contribution in [-0.2, 0) is 0 Å². The lowest BCUT2D eigenvalue weighted by molar-refractivity contribution is 0.104. The number of fused-ring (bicyclic) bond motifs is 1. The monoisotopic (exact) mass is 171 g/mol. The minimum atomic E-state index is 0.0347. The lowest BCUT2D eigenvalue weighted by atomic mass is 10.1. The predicted octanol–water partition coefficient (Wildman–Crippen LogP) is 2.36. The maximum absolute atomic E-state index is 11.5. The summed E-state index contributed by atoms with van der Waals surface area (Å²) in [5.41, 5.74) is 1.57. The number of carbonyl (C=O) groups is 1. The van der Waals surface area contributed by atoms with Crippen molar-refractivity contribution in [2.24, 2.45) is 0 Å². The van der Waals surface area contributed by atoms with E-state index in [9.17, 15) is 4.79 Å². The summed E-state index contributed by atoms with van der Waals surface area (Å²) in [4.78, 5) is 11.5. The van der Waals surface area contributed by atoms with Crippen LogP contribution in [0.1, 0.15) is 10.4 Å². The van der Waals surface area contributed by atoms with Crippen LogP contribution >= 0.6 is 0 Å². The molecule has 0 atom stereocenters. The van der Waals surface area contributed by atoms with Crippen molar-refractivity contribution in [2.75, 3.05) is 5.32 Å². The van der Waals surface area contributed by atoms with Crippen LogP contribution in [0.4, 0.5) is 5.69 Å². The predicted molar refractivity (Wildman–Crippen MR) is 52.7 cm³/mol. The standard InChI is InChI=1S/C11H9NO/c13-11-7-3-4-8-12-10-6-2-1-5-9(10)11/h1-8,12H/b7-3-,8-4-. The van der Waals surface area contributed by atoms with E-state index >= 15 is 0 Å². The molecule has 1 aromatic carbocycles. The average Bonchev–Trinajstić information content (AvgIpc) is 2.14. The van der Waals surface area contributed by atoms with Crippen molar-refractivity contribution < 1.29 is 4.79 Å². The summed E-state index contributed by atoms with van der Waals surface area (Å²) in [6.07, 6.45) is 6.90. The number of carbonyl (C=O) groups excluding carboxylic acids is 1. The highest BCUT2D eigenvalue weighted by atomic mass is 16.1. The first-order valence-corrected chi connectivity index (χ1v) is 4.11. The lowest BCUT2D eigenvalue weighted by Crippen LogP contribution is -2.01. The van der Waals surface area contributed by atoms with Crippen molar-refractivity contribution in [2.45, 2.75) is 0 Å². The minimum Gasteiger partial charge on any atom is -0.361 e. The Kier molecular flexibility index (Phi) is 1.96. The van der Waals surface area contributed by atoms with Gasteiger partial charge in [0.15, 0.2) is 5.78 Å². The van der Waals surface area contributed by atoms with E-state index < -0.39 is 0 Å². The van der Waals surface area contributed by atoms with Gasteiger partial charge in [-0.1, -0.05) is 18.2 Å². The number of allylic oxidation sites excluding steroid dienone is 3. The number of benzene rings is 1. The summed E-state index contributed by atoms with van der Waals surface area (Å²) in [6.45, 7) is 0. The molecule has 1 heterocycles. The number of para-hydroxylation sites is 1. The van der Waals surface area contributed by atoms with Gasteiger partial charge in [-0.05, 0) is 24.3 Å². The lowest BCUT2D eigenvalue weighted by Gasteiger charge is -2.07. The maximum atomic E-state index is 11.5. The zero-order valence-electron chi connectivity index (χ0n) is 7.03. The molecule has 0 saturated heterocycles. The molecule has 13 heavy (non-hydrogen) atoms. The Hall–Kier alpha value is -1.83. The van der Waals surface area contributed by atoms with Crippen LogP contribution < -0.4 is 5.32 Å². The topological polar surface area (TPSA) is 29.1 Å². The van der Waals surface area contributed by atoms with Gasteiger partial charge in [-0.25, -0.2) is 0 Å². The Morgan fingerprint density at radius 1 is 1.08 bits per heavy atom. The second-order valence-corrected chi connectivity index (χ2v) is 2.77. The van der Waals surface area contributed by atoms with Gasteiger partial charge in [-0.2, -0.15) is 0 Å². The summed E-state index contributed by atoms with van der Waals surface area (Å²) in [5, 5.41) is 3.04. The third kappa shape index (κ3) is 1.51. The third-order valence-electron chi connectivity index (χ3n) is 1.89. The molecule has 1 aliphatic rings.